The summed E-state index contributed by atoms with van der Waals surface area (Å²) in [7, 11) is -1.90. The quantitative estimate of drug-likeness (QED) is 0.833. The van der Waals surface area contributed by atoms with Gasteiger partial charge in [0.1, 0.15) is 0 Å². The average molecular weight is 379 g/mol. The van der Waals surface area contributed by atoms with Crippen molar-refractivity contribution in [2.75, 3.05) is 5.73 Å². The van der Waals surface area contributed by atoms with Crippen LogP contribution in [0.4, 0.5) is 5.69 Å². The second-order valence-electron chi connectivity index (χ2n) is 4.41. The molecule has 1 aromatic heterocycles. The molecule has 0 spiro atoms. The molecule has 0 amide bonds. The van der Waals surface area contributed by atoms with Gasteiger partial charge in [0.15, 0.2) is 9.84 Å². The van der Waals surface area contributed by atoms with Crippen molar-refractivity contribution in [1.29, 1.82) is 0 Å². The van der Waals surface area contributed by atoms with Gasteiger partial charge in [0.25, 0.3) is 0 Å². The molecular weight excluding hydrogens is 366 g/mol. The fourth-order valence-electron chi connectivity index (χ4n) is 1.87. The molecule has 108 valence electrons. The van der Waals surface area contributed by atoms with Crippen molar-refractivity contribution in [2.24, 2.45) is 7.05 Å². The number of nitrogen functional groups attached to an aromatic ring is 1. The number of nitrogens with two attached hydrogens (primary N) is 1. The first-order valence-corrected chi connectivity index (χ1v) is 8.50. The number of aryl methyl sites for hydroxylation is 2. The van der Waals surface area contributed by atoms with Crippen molar-refractivity contribution in [1.82, 2.24) is 9.78 Å². The Labute approximate surface area is 130 Å². The third kappa shape index (κ3) is 2.84. The lowest BCUT2D eigenvalue weighted by atomic mass is 10.3. The number of benzene rings is 1. The number of hydrogen-bond donors (Lipinski definition) is 1. The Bertz CT molecular complexity index is 771. The Morgan fingerprint density at radius 3 is 2.65 bits per heavy atom. The van der Waals surface area contributed by atoms with Gasteiger partial charge in [0.2, 0.25) is 0 Å². The molecule has 2 N–H and O–H groups in total. The van der Waals surface area contributed by atoms with E-state index in [-0.39, 0.29) is 16.3 Å². The molecule has 0 aliphatic rings. The van der Waals surface area contributed by atoms with E-state index in [0.29, 0.717) is 15.2 Å². The van der Waals surface area contributed by atoms with Crippen LogP contribution in [0, 0.1) is 6.92 Å². The van der Waals surface area contributed by atoms with Crippen molar-refractivity contribution >= 4 is 43.1 Å². The minimum atomic E-state index is -3.60. The van der Waals surface area contributed by atoms with Crippen LogP contribution in [0.15, 0.2) is 27.6 Å². The minimum absolute atomic E-state index is 0.0377. The van der Waals surface area contributed by atoms with Crippen LogP contribution < -0.4 is 5.73 Å². The van der Waals surface area contributed by atoms with Gasteiger partial charge in [-0.3, -0.25) is 4.68 Å². The Morgan fingerprint density at radius 2 is 2.10 bits per heavy atom. The summed E-state index contributed by atoms with van der Waals surface area (Å²) in [6.07, 6.45) is 0. The molecule has 0 radical (unpaired) electrons. The molecule has 0 fully saturated rings. The maximum atomic E-state index is 12.5. The van der Waals surface area contributed by atoms with Crippen molar-refractivity contribution in [3.63, 3.8) is 0 Å². The maximum Gasteiger partial charge on any atom is 0.186 e. The molecule has 8 heteroatoms. The topological polar surface area (TPSA) is 78.0 Å². The van der Waals surface area contributed by atoms with Gasteiger partial charge in [0.05, 0.1) is 32.2 Å². The molecule has 0 unspecified atom stereocenters. The third-order valence-corrected chi connectivity index (χ3v) is 5.84. The zero-order valence-electron chi connectivity index (χ0n) is 10.9. The molecule has 2 aromatic rings. The largest absolute Gasteiger partial charge is 0.398 e. The van der Waals surface area contributed by atoms with Crippen LogP contribution in [0.2, 0.25) is 5.02 Å². The van der Waals surface area contributed by atoms with Crippen LogP contribution in [0.1, 0.15) is 11.4 Å². The zero-order valence-corrected chi connectivity index (χ0v) is 14.1. The summed E-state index contributed by atoms with van der Waals surface area (Å²) < 4.78 is 27.2. The number of rotatable bonds is 3. The van der Waals surface area contributed by atoms with Crippen LogP contribution in [-0.4, -0.2) is 18.2 Å². The second kappa shape index (κ2) is 5.38. The molecule has 0 bridgehead atoms. The monoisotopic (exact) mass is 377 g/mol. The fraction of sp³-hybridized carbons (Fsp3) is 0.250. The van der Waals surface area contributed by atoms with Gasteiger partial charge in [-0.25, -0.2) is 8.42 Å². The van der Waals surface area contributed by atoms with Crippen LogP contribution in [0.25, 0.3) is 0 Å². The Hall–Kier alpha value is -1.05. The van der Waals surface area contributed by atoms with E-state index in [9.17, 15) is 8.42 Å². The van der Waals surface area contributed by atoms with E-state index in [1.54, 1.807) is 20.0 Å². The van der Waals surface area contributed by atoms with Crippen molar-refractivity contribution in [3.05, 3.63) is 39.1 Å². The molecule has 1 heterocycles. The molecule has 2 rings (SSSR count). The van der Waals surface area contributed by atoms with Gasteiger partial charge >= 0.3 is 0 Å². The van der Waals surface area contributed by atoms with Gasteiger partial charge in [-0.2, -0.15) is 5.10 Å². The van der Waals surface area contributed by atoms with E-state index in [0.717, 1.165) is 5.69 Å². The predicted octanol–water partition coefficient (Wildman–Crippen LogP) is 2.70. The molecule has 0 saturated carbocycles. The summed E-state index contributed by atoms with van der Waals surface area (Å²) in [5.41, 5.74) is 7.23. The van der Waals surface area contributed by atoms with Crippen molar-refractivity contribution in [3.8, 4) is 0 Å². The van der Waals surface area contributed by atoms with E-state index in [1.165, 1.54) is 16.8 Å². The Balaban J connectivity index is 2.49. The molecule has 0 aliphatic carbocycles. The number of nitrogens with zero attached hydrogens (tertiary/aromatic N) is 2. The van der Waals surface area contributed by atoms with E-state index in [2.05, 4.69) is 21.0 Å². The Kier molecular flexibility index (Phi) is 4.13. The first kappa shape index (κ1) is 15.3. The summed E-state index contributed by atoms with van der Waals surface area (Å²) in [5.74, 6) is -0.199. The molecule has 0 saturated heterocycles. The molecular formula is C12H13BrClN3O2S. The highest BCUT2D eigenvalue weighted by Gasteiger charge is 2.23. The third-order valence-electron chi connectivity index (χ3n) is 2.90. The lowest BCUT2D eigenvalue weighted by Crippen LogP contribution is -2.11. The summed E-state index contributed by atoms with van der Waals surface area (Å²) in [6.45, 7) is 1.80. The highest BCUT2D eigenvalue weighted by Crippen LogP contribution is 2.29. The van der Waals surface area contributed by atoms with Gasteiger partial charge < -0.3 is 5.73 Å². The number of anilines is 1. The summed E-state index contributed by atoms with van der Waals surface area (Å²) in [5, 5.41) is 4.51. The number of aromatic nitrogens is 2. The van der Waals surface area contributed by atoms with Crippen LogP contribution in [-0.2, 0) is 22.6 Å². The normalized spacial score (nSPS) is 11.8. The van der Waals surface area contributed by atoms with Crippen molar-refractivity contribution in [2.45, 2.75) is 17.6 Å². The highest BCUT2D eigenvalue weighted by molar-refractivity contribution is 9.10. The van der Waals surface area contributed by atoms with Gasteiger partial charge in [-0.15, -0.1) is 0 Å². The SMILES string of the molecule is Cc1nn(C)c(CS(=O)(=O)c2cc(Cl)ccc2N)c1Br. The van der Waals surface area contributed by atoms with Gasteiger partial charge in [0, 0.05) is 12.1 Å². The molecule has 1 aromatic carbocycles. The zero-order chi connectivity index (χ0) is 15.1. The molecule has 0 atom stereocenters. The summed E-state index contributed by atoms with van der Waals surface area (Å²) in [6, 6.07) is 4.40. The van der Waals surface area contributed by atoms with Gasteiger partial charge in [-0.1, -0.05) is 11.6 Å². The van der Waals surface area contributed by atoms with Gasteiger partial charge in [-0.05, 0) is 41.1 Å². The lowest BCUT2D eigenvalue weighted by molar-refractivity contribution is 0.592. The van der Waals surface area contributed by atoms with E-state index in [4.69, 9.17) is 17.3 Å². The fourth-order valence-corrected chi connectivity index (χ4v) is 4.35. The smallest absolute Gasteiger partial charge is 0.186 e. The second-order valence-corrected chi connectivity index (χ2v) is 7.60. The number of hydrogen-bond acceptors (Lipinski definition) is 4. The van der Waals surface area contributed by atoms with E-state index < -0.39 is 9.84 Å². The molecule has 5 nitrogen and oxygen atoms in total. The summed E-state index contributed by atoms with van der Waals surface area (Å²) >= 11 is 9.20. The minimum Gasteiger partial charge on any atom is -0.398 e. The molecule has 0 aliphatic heterocycles. The lowest BCUT2D eigenvalue weighted by Gasteiger charge is -2.09. The molecule has 20 heavy (non-hydrogen) atoms. The van der Waals surface area contributed by atoms with E-state index >= 15 is 0 Å². The number of halogens is 2. The summed E-state index contributed by atoms with van der Waals surface area (Å²) in [4.78, 5) is 0.0377. The average Bonchev–Trinajstić information content (AvgIpc) is 2.59. The van der Waals surface area contributed by atoms with E-state index in [1.807, 2.05) is 0 Å². The van der Waals surface area contributed by atoms with Crippen LogP contribution in [0.5, 0.6) is 0 Å². The predicted molar refractivity (Wildman–Crippen MR) is 82.4 cm³/mol. The first-order chi connectivity index (χ1) is 9.22. The number of sulfone groups is 1. The van der Waals surface area contributed by atoms with Crippen LogP contribution >= 0.6 is 27.5 Å². The maximum absolute atomic E-state index is 12.5. The standard InChI is InChI=1S/C12H13BrClN3O2S/c1-7-12(13)10(17(2)16-7)6-20(18,19)11-5-8(14)3-4-9(11)15/h3-5H,6,15H2,1-2H3. The highest BCUT2D eigenvalue weighted by atomic mass is 79.9. The Morgan fingerprint density at radius 1 is 1.45 bits per heavy atom. The van der Waals surface area contributed by atoms with Crippen molar-refractivity contribution < 1.29 is 8.42 Å². The first-order valence-electron chi connectivity index (χ1n) is 5.68. The van der Waals surface area contributed by atoms with Crippen LogP contribution in [0.3, 0.4) is 0 Å².